The maximum absolute atomic E-state index is 14.3. The van der Waals surface area contributed by atoms with E-state index in [4.69, 9.17) is 18.9 Å². The predicted octanol–water partition coefficient (Wildman–Crippen LogP) is 9.18. The highest BCUT2D eigenvalue weighted by atomic mass is 16.6. The fraction of sp³-hybridized carbons (Fsp3) is 0. The van der Waals surface area contributed by atoms with Crippen LogP contribution in [0.2, 0.25) is 0 Å². The molecule has 0 aliphatic heterocycles. The Morgan fingerprint density at radius 2 is 0.800 bits per heavy atom. The second-order valence-electron chi connectivity index (χ2n) is 12.8. The number of carbonyl (C=O) groups is 6. The first-order valence-corrected chi connectivity index (χ1v) is 18.2. The van der Waals surface area contributed by atoms with Gasteiger partial charge in [0.2, 0.25) is 0 Å². The molecule has 0 atom stereocenters. The normalized spacial score (nSPS) is 10.5. The van der Waals surface area contributed by atoms with Crippen molar-refractivity contribution in [3.63, 3.8) is 0 Å². The second kappa shape index (κ2) is 18.1. The molecule has 7 rings (SSSR count). The van der Waals surface area contributed by atoms with Gasteiger partial charge in [0.25, 0.3) is 5.91 Å². The summed E-state index contributed by atoms with van der Waals surface area (Å²) in [6.07, 6.45) is 0. The lowest BCUT2D eigenvalue weighted by molar-refractivity contribution is 0.0675. The van der Waals surface area contributed by atoms with E-state index in [1.807, 2.05) is 0 Å². The van der Waals surface area contributed by atoms with Gasteiger partial charge in [-0.1, -0.05) is 91.0 Å². The molecule has 7 aromatic rings. The minimum absolute atomic E-state index is 0.00883. The van der Waals surface area contributed by atoms with Gasteiger partial charge in [0.05, 0.1) is 33.5 Å². The number of anilines is 1. The number of hydrogen-bond donors (Lipinski definition) is 2. The van der Waals surface area contributed by atoms with Crippen LogP contribution in [0.4, 0.5) is 5.69 Å². The van der Waals surface area contributed by atoms with Crippen molar-refractivity contribution in [1.29, 1.82) is 0 Å². The zero-order valence-electron chi connectivity index (χ0n) is 31.3. The van der Waals surface area contributed by atoms with Crippen LogP contribution >= 0.6 is 0 Å². The molecule has 0 saturated heterocycles. The fourth-order valence-corrected chi connectivity index (χ4v) is 5.92. The van der Waals surface area contributed by atoms with Crippen molar-refractivity contribution in [3.05, 3.63) is 209 Å². The Morgan fingerprint density at radius 3 is 1.28 bits per heavy atom. The van der Waals surface area contributed by atoms with Gasteiger partial charge in [0.1, 0.15) is 11.5 Å². The SMILES string of the molecule is O=C(Oc1ccc(OC(=O)c2ccccc2)c(-c2ccccc2C(=O)Nc2cc(OC(=O)c3ccccc3)c(OC(=O)c3ccccc3)cc2C(=O)O)c1)c1ccccc1. The number of rotatable bonds is 12. The van der Waals surface area contributed by atoms with Crippen LogP contribution in [0, 0.1) is 0 Å². The van der Waals surface area contributed by atoms with Crippen LogP contribution in [-0.2, 0) is 0 Å². The minimum atomic E-state index is -1.51. The van der Waals surface area contributed by atoms with Gasteiger partial charge in [-0.15, -0.1) is 0 Å². The highest BCUT2D eigenvalue weighted by Crippen LogP contribution is 2.39. The van der Waals surface area contributed by atoms with Crippen LogP contribution in [0.5, 0.6) is 23.0 Å². The quantitative estimate of drug-likeness (QED) is 0.0892. The molecule has 0 spiro atoms. The largest absolute Gasteiger partial charge is 0.478 e. The van der Waals surface area contributed by atoms with E-state index in [2.05, 4.69) is 5.32 Å². The summed E-state index contributed by atoms with van der Waals surface area (Å²) in [6.45, 7) is 0. The average molecular weight is 798 g/mol. The predicted molar refractivity (Wildman–Crippen MR) is 219 cm³/mol. The van der Waals surface area contributed by atoms with Crippen molar-refractivity contribution in [1.82, 2.24) is 0 Å². The molecule has 0 aliphatic rings. The molecule has 0 bridgehead atoms. The van der Waals surface area contributed by atoms with E-state index < -0.39 is 47.1 Å². The molecule has 0 aromatic heterocycles. The zero-order valence-corrected chi connectivity index (χ0v) is 31.3. The molecule has 1 amide bonds. The second-order valence-corrected chi connectivity index (χ2v) is 12.8. The van der Waals surface area contributed by atoms with Crippen molar-refractivity contribution >= 4 is 41.4 Å². The number of carbonyl (C=O) groups excluding carboxylic acids is 5. The van der Waals surface area contributed by atoms with Crippen molar-refractivity contribution in [2.75, 3.05) is 5.32 Å². The lowest BCUT2D eigenvalue weighted by Crippen LogP contribution is -2.18. The Bertz CT molecular complexity index is 2740. The van der Waals surface area contributed by atoms with E-state index in [0.29, 0.717) is 0 Å². The molecule has 2 N–H and O–H groups in total. The van der Waals surface area contributed by atoms with E-state index in [1.54, 1.807) is 115 Å². The highest BCUT2D eigenvalue weighted by molar-refractivity contribution is 6.12. The number of benzene rings is 7. The van der Waals surface area contributed by atoms with Crippen LogP contribution < -0.4 is 24.3 Å². The first-order chi connectivity index (χ1) is 29.1. The minimum Gasteiger partial charge on any atom is -0.478 e. The number of carboxylic acid groups (broad SMARTS) is 1. The van der Waals surface area contributed by atoms with Gasteiger partial charge >= 0.3 is 29.8 Å². The maximum atomic E-state index is 14.3. The van der Waals surface area contributed by atoms with Crippen molar-refractivity contribution in [2.45, 2.75) is 0 Å². The number of esters is 4. The van der Waals surface area contributed by atoms with Crippen molar-refractivity contribution in [2.24, 2.45) is 0 Å². The van der Waals surface area contributed by atoms with Crippen LogP contribution in [0.15, 0.2) is 176 Å². The third kappa shape index (κ3) is 9.31. The summed E-state index contributed by atoms with van der Waals surface area (Å²) >= 11 is 0. The molecule has 0 radical (unpaired) electrons. The van der Waals surface area contributed by atoms with Crippen LogP contribution in [0.25, 0.3) is 11.1 Å². The van der Waals surface area contributed by atoms with Gasteiger partial charge in [-0.25, -0.2) is 24.0 Å². The fourth-order valence-electron chi connectivity index (χ4n) is 5.92. The Balaban J connectivity index is 1.27. The zero-order chi connectivity index (χ0) is 42.0. The number of hydrogen-bond acceptors (Lipinski definition) is 10. The average Bonchev–Trinajstić information content (AvgIpc) is 3.28. The van der Waals surface area contributed by atoms with Crippen LogP contribution in [-0.4, -0.2) is 40.9 Å². The molecule has 294 valence electrons. The number of ether oxygens (including phenoxy) is 4. The monoisotopic (exact) mass is 797 g/mol. The summed E-state index contributed by atoms with van der Waals surface area (Å²) in [5.74, 6) is -6.15. The molecule has 0 unspecified atom stereocenters. The molecule has 12 nitrogen and oxygen atoms in total. The molecule has 0 fully saturated rings. The first-order valence-electron chi connectivity index (χ1n) is 18.2. The van der Waals surface area contributed by atoms with E-state index >= 15 is 0 Å². The molecule has 0 heterocycles. The topological polar surface area (TPSA) is 172 Å². The van der Waals surface area contributed by atoms with Gasteiger partial charge in [-0.3, -0.25) is 4.79 Å². The summed E-state index contributed by atoms with van der Waals surface area (Å²) in [4.78, 5) is 79.6. The Morgan fingerprint density at radius 1 is 0.383 bits per heavy atom. The van der Waals surface area contributed by atoms with E-state index in [0.717, 1.165) is 12.1 Å². The standard InChI is InChI=1S/C48H31NO11/c50-43(49-39-29-42(60-48(56)33-21-11-4-12-22-33)41(28-38(39)44(51)52)59-47(55)32-19-9-3-10-20-32)36-24-14-13-23-35(36)37-27-34(57-45(53)30-15-5-1-6-16-30)25-26-40(37)58-46(54)31-17-7-2-8-18-31/h1-29H,(H,49,50)(H,51,52). The third-order valence-corrected chi connectivity index (χ3v) is 8.83. The lowest BCUT2D eigenvalue weighted by Gasteiger charge is -2.17. The summed E-state index contributed by atoms with van der Waals surface area (Å²) < 4.78 is 22.7. The van der Waals surface area contributed by atoms with Gasteiger partial charge in [0, 0.05) is 23.3 Å². The van der Waals surface area contributed by atoms with Crippen LogP contribution in [0.3, 0.4) is 0 Å². The summed E-state index contributed by atoms with van der Waals surface area (Å²) in [5, 5.41) is 12.9. The molecule has 60 heavy (non-hydrogen) atoms. The molecule has 0 aliphatic carbocycles. The smallest absolute Gasteiger partial charge is 0.343 e. The van der Waals surface area contributed by atoms with Crippen molar-refractivity contribution in [3.8, 4) is 34.1 Å². The third-order valence-electron chi connectivity index (χ3n) is 8.83. The number of nitrogens with one attached hydrogen (secondary N) is 1. The highest BCUT2D eigenvalue weighted by Gasteiger charge is 2.25. The summed E-state index contributed by atoms with van der Waals surface area (Å²) in [6, 6.07) is 44.8. The maximum Gasteiger partial charge on any atom is 0.343 e. The Labute approximate surface area is 342 Å². The molecular formula is C48H31NO11. The molecule has 0 saturated carbocycles. The van der Waals surface area contributed by atoms with E-state index in [-0.39, 0.29) is 61.9 Å². The first kappa shape index (κ1) is 39.6. The number of aromatic carboxylic acids is 1. The van der Waals surface area contributed by atoms with Crippen LogP contribution in [0.1, 0.15) is 62.1 Å². The number of carboxylic acids is 1. The van der Waals surface area contributed by atoms with Gasteiger partial charge in [-0.05, 0) is 78.4 Å². The molecular weight excluding hydrogens is 767 g/mol. The van der Waals surface area contributed by atoms with E-state index in [1.165, 1.54) is 48.5 Å². The lowest BCUT2D eigenvalue weighted by atomic mass is 9.97. The van der Waals surface area contributed by atoms with Gasteiger partial charge < -0.3 is 29.4 Å². The molecule has 7 aromatic carbocycles. The number of amides is 1. The summed E-state index contributed by atoms with van der Waals surface area (Å²) in [5.41, 5.74) is 0.310. The Hall–Kier alpha value is -8.64. The Kier molecular flexibility index (Phi) is 11.9. The van der Waals surface area contributed by atoms with Gasteiger partial charge in [-0.2, -0.15) is 0 Å². The molecule has 12 heteroatoms. The summed E-state index contributed by atoms with van der Waals surface area (Å²) in [7, 11) is 0. The van der Waals surface area contributed by atoms with E-state index in [9.17, 15) is 33.9 Å². The van der Waals surface area contributed by atoms with Crippen molar-refractivity contribution < 1.29 is 52.8 Å². The van der Waals surface area contributed by atoms with Gasteiger partial charge in [0.15, 0.2) is 11.5 Å².